The Labute approximate surface area is 164 Å². The molecule has 0 spiro atoms. The Bertz CT molecular complexity index is 1100. The maximum atomic E-state index is 12.7. The average molecular weight is 396 g/mol. The summed E-state index contributed by atoms with van der Waals surface area (Å²) in [7, 11) is -3.90. The molecule has 0 aliphatic rings. The molecule has 28 heavy (non-hydrogen) atoms. The number of nitrogens with one attached hydrogen (secondary N) is 1. The number of aryl methyl sites for hydroxylation is 1. The molecule has 3 rings (SSSR count). The van der Waals surface area contributed by atoms with Crippen LogP contribution in [0.3, 0.4) is 0 Å². The Morgan fingerprint density at radius 3 is 2.14 bits per heavy atom. The van der Waals surface area contributed by atoms with Crippen molar-refractivity contribution in [2.24, 2.45) is 0 Å². The van der Waals surface area contributed by atoms with Gasteiger partial charge in [-0.25, -0.2) is 13.1 Å². The fraction of sp³-hybridized carbons (Fsp3) is 0.143. The SMILES string of the molecule is Cc1ccc(S(=O)(=O)NC(C)c2ccc(-c3ccccc3)cc2)cc1[N+](=O)[O-]. The van der Waals surface area contributed by atoms with Crippen molar-refractivity contribution in [3.8, 4) is 11.1 Å². The van der Waals surface area contributed by atoms with Gasteiger partial charge in [-0.05, 0) is 36.6 Å². The second-order valence-corrected chi connectivity index (χ2v) is 8.25. The molecule has 0 saturated heterocycles. The summed E-state index contributed by atoms with van der Waals surface area (Å²) in [6.45, 7) is 3.30. The van der Waals surface area contributed by atoms with Crippen molar-refractivity contribution in [1.29, 1.82) is 0 Å². The number of hydrogen-bond acceptors (Lipinski definition) is 4. The topological polar surface area (TPSA) is 89.3 Å². The molecule has 0 heterocycles. The number of nitro groups is 1. The van der Waals surface area contributed by atoms with Crippen molar-refractivity contribution in [3.63, 3.8) is 0 Å². The zero-order valence-corrected chi connectivity index (χ0v) is 16.3. The van der Waals surface area contributed by atoms with Crippen molar-refractivity contribution in [2.75, 3.05) is 0 Å². The Morgan fingerprint density at radius 2 is 1.54 bits per heavy atom. The average Bonchev–Trinajstić information content (AvgIpc) is 2.68. The number of nitro benzene ring substituents is 1. The van der Waals surface area contributed by atoms with Gasteiger partial charge in [-0.15, -0.1) is 0 Å². The van der Waals surface area contributed by atoms with E-state index in [4.69, 9.17) is 0 Å². The van der Waals surface area contributed by atoms with Crippen LogP contribution in [0.1, 0.15) is 24.1 Å². The molecule has 0 aliphatic heterocycles. The summed E-state index contributed by atoms with van der Waals surface area (Å²) in [5.41, 5.74) is 3.10. The highest BCUT2D eigenvalue weighted by Gasteiger charge is 2.22. The molecule has 1 N–H and O–H groups in total. The van der Waals surface area contributed by atoms with E-state index in [1.165, 1.54) is 12.1 Å². The Kier molecular flexibility index (Phi) is 5.58. The van der Waals surface area contributed by atoms with Gasteiger partial charge < -0.3 is 0 Å². The fourth-order valence-electron chi connectivity index (χ4n) is 2.92. The van der Waals surface area contributed by atoms with Gasteiger partial charge in [-0.2, -0.15) is 0 Å². The van der Waals surface area contributed by atoms with Crippen LogP contribution in [0.25, 0.3) is 11.1 Å². The number of sulfonamides is 1. The van der Waals surface area contributed by atoms with E-state index >= 15 is 0 Å². The van der Waals surface area contributed by atoms with E-state index in [1.54, 1.807) is 13.8 Å². The van der Waals surface area contributed by atoms with Crippen molar-refractivity contribution < 1.29 is 13.3 Å². The summed E-state index contributed by atoms with van der Waals surface area (Å²) in [6.07, 6.45) is 0. The first kappa shape index (κ1) is 19.7. The molecular weight excluding hydrogens is 376 g/mol. The first-order valence-electron chi connectivity index (χ1n) is 8.71. The van der Waals surface area contributed by atoms with E-state index in [0.29, 0.717) is 5.56 Å². The van der Waals surface area contributed by atoms with Gasteiger partial charge in [0, 0.05) is 17.7 Å². The van der Waals surface area contributed by atoms with Gasteiger partial charge in [-0.1, -0.05) is 60.7 Å². The Balaban J connectivity index is 1.81. The molecule has 0 saturated carbocycles. The lowest BCUT2D eigenvalue weighted by Crippen LogP contribution is -2.27. The fourth-order valence-corrected chi connectivity index (χ4v) is 4.17. The molecule has 6 nitrogen and oxygen atoms in total. The van der Waals surface area contributed by atoms with Crippen molar-refractivity contribution in [2.45, 2.75) is 24.8 Å². The number of benzene rings is 3. The Morgan fingerprint density at radius 1 is 0.929 bits per heavy atom. The summed E-state index contributed by atoms with van der Waals surface area (Å²) >= 11 is 0. The van der Waals surface area contributed by atoms with Crippen LogP contribution in [0.5, 0.6) is 0 Å². The molecule has 0 fully saturated rings. The normalized spacial score (nSPS) is 12.5. The monoisotopic (exact) mass is 396 g/mol. The van der Waals surface area contributed by atoms with Crippen LogP contribution in [-0.4, -0.2) is 13.3 Å². The summed E-state index contributed by atoms with van der Waals surface area (Å²) in [5, 5.41) is 11.1. The second-order valence-electron chi connectivity index (χ2n) is 6.54. The van der Waals surface area contributed by atoms with E-state index in [-0.39, 0.29) is 10.6 Å². The lowest BCUT2D eigenvalue weighted by atomic mass is 10.0. The molecule has 0 aromatic heterocycles. The van der Waals surface area contributed by atoms with E-state index in [9.17, 15) is 18.5 Å². The van der Waals surface area contributed by atoms with Crippen LogP contribution < -0.4 is 4.72 Å². The smallest absolute Gasteiger partial charge is 0.258 e. The zero-order valence-electron chi connectivity index (χ0n) is 15.5. The van der Waals surface area contributed by atoms with Gasteiger partial charge in [-0.3, -0.25) is 10.1 Å². The first-order valence-corrected chi connectivity index (χ1v) is 10.2. The summed E-state index contributed by atoms with van der Waals surface area (Å²) in [5.74, 6) is 0. The van der Waals surface area contributed by atoms with Crippen LogP contribution >= 0.6 is 0 Å². The lowest BCUT2D eigenvalue weighted by molar-refractivity contribution is -0.385. The molecule has 0 bridgehead atoms. The van der Waals surface area contributed by atoms with Gasteiger partial charge in [0.15, 0.2) is 0 Å². The lowest BCUT2D eigenvalue weighted by Gasteiger charge is -2.15. The van der Waals surface area contributed by atoms with Crippen LogP contribution in [-0.2, 0) is 10.0 Å². The maximum Gasteiger partial charge on any atom is 0.273 e. The van der Waals surface area contributed by atoms with E-state index < -0.39 is 21.0 Å². The minimum Gasteiger partial charge on any atom is -0.258 e. The van der Waals surface area contributed by atoms with Crippen molar-refractivity contribution in [1.82, 2.24) is 4.72 Å². The van der Waals surface area contributed by atoms with Crippen LogP contribution in [0.4, 0.5) is 5.69 Å². The van der Waals surface area contributed by atoms with Gasteiger partial charge in [0.05, 0.1) is 9.82 Å². The molecule has 0 radical (unpaired) electrons. The largest absolute Gasteiger partial charge is 0.273 e. The maximum absolute atomic E-state index is 12.7. The minimum atomic E-state index is -3.90. The summed E-state index contributed by atoms with van der Waals surface area (Å²) < 4.78 is 27.9. The molecule has 0 aliphatic carbocycles. The standard InChI is InChI=1S/C21H20N2O4S/c1-15-8-13-20(14-21(15)23(24)25)28(26,27)22-16(2)17-9-11-19(12-10-17)18-6-4-3-5-7-18/h3-14,16,22H,1-2H3. The van der Waals surface area contributed by atoms with E-state index in [2.05, 4.69) is 4.72 Å². The highest BCUT2D eigenvalue weighted by molar-refractivity contribution is 7.89. The van der Waals surface area contributed by atoms with Crippen molar-refractivity contribution >= 4 is 15.7 Å². The third-order valence-corrected chi connectivity index (χ3v) is 6.08. The van der Waals surface area contributed by atoms with Crippen LogP contribution in [0, 0.1) is 17.0 Å². The zero-order chi connectivity index (χ0) is 20.3. The first-order chi connectivity index (χ1) is 13.3. The van der Waals surface area contributed by atoms with Crippen LogP contribution in [0.15, 0.2) is 77.7 Å². The third kappa shape index (κ3) is 4.27. The minimum absolute atomic E-state index is 0.127. The molecule has 1 unspecified atom stereocenters. The van der Waals surface area contributed by atoms with Crippen LogP contribution in [0.2, 0.25) is 0 Å². The van der Waals surface area contributed by atoms with Gasteiger partial charge in [0.2, 0.25) is 10.0 Å². The highest BCUT2D eigenvalue weighted by atomic mass is 32.2. The third-order valence-electron chi connectivity index (χ3n) is 4.54. The number of rotatable bonds is 6. The van der Waals surface area contributed by atoms with Gasteiger partial charge in [0.25, 0.3) is 5.69 Å². The molecule has 3 aromatic rings. The quantitative estimate of drug-likeness (QED) is 0.487. The van der Waals surface area contributed by atoms with Gasteiger partial charge >= 0.3 is 0 Å². The van der Waals surface area contributed by atoms with Gasteiger partial charge in [0.1, 0.15) is 0 Å². The molecule has 144 valence electrons. The molecule has 1 atom stereocenters. The molecule has 3 aromatic carbocycles. The Hall–Kier alpha value is -3.03. The number of nitrogens with zero attached hydrogens (tertiary/aromatic N) is 1. The number of hydrogen-bond donors (Lipinski definition) is 1. The van der Waals surface area contributed by atoms with E-state index in [1.807, 2.05) is 54.6 Å². The second kappa shape index (κ2) is 7.92. The van der Waals surface area contributed by atoms with E-state index in [0.717, 1.165) is 22.8 Å². The summed E-state index contributed by atoms with van der Waals surface area (Å²) in [6, 6.07) is 20.9. The van der Waals surface area contributed by atoms with Crippen molar-refractivity contribution in [3.05, 3.63) is 94.0 Å². The molecule has 7 heteroatoms. The predicted molar refractivity (Wildman–Crippen MR) is 108 cm³/mol. The molecule has 0 amide bonds. The molecular formula is C21H20N2O4S. The highest BCUT2D eigenvalue weighted by Crippen LogP contribution is 2.25. The summed E-state index contributed by atoms with van der Waals surface area (Å²) in [4.78, 5) is 10.4. The predicted octanol–water partition coefficient (Wildman–Crippen LogP) is 4.61.